The summed E-state index contributed by atoms with van der Waals surface area (Å²) >= 11 is 0. The maximum absolute atomic E-state index is 12.4. The Kier molecular flexibility index (Phi) is 5.17. The summed E-state index contributed by atoms with van der Waals surface area (Å²) in [5.41, 5.74) is 5.78. The Morgan fingerprint density at radius 2 is 2.11 bits per heavy atom. The van der Waals surface area contributed by atoms with E-state index in [0.29, 0.717) is 32.0 Å². The van der Waals surface area contributed by atoms with Gasteiger partial charge in [-0.05, 0) is 18.3 Å². The summed E-state index contributed by atoms with van der Waals surface area (Å²) in [6.07, 6.45) is 0.598. The number of morpholine rings is 1. The molecular formula is C14H28N2O2. The Morgan fingerprint density at radius 1 is 1.50 bits per heavy atom. The lowest BCUT2D eigenvalue weighted by Gasteiger charge is -2.39. The molecule has 0 spiro atoms. The summed E-state index contributed by atoms with van der Waals surface area (Å²) in [5, 5.41) is 0. The van der Waals surface area contributed by atoms with E-state index in [9.17, 15) is 4.79 Å². The summed E-state index contributed by atoms with van der Waals surface area (Å²) in [5.74, 6) is 0.600. The van der Waals surface area contributed by atoms with E-state index in [1.165, 1.54) is 0 Å². The molecule has 3 atom stereocenters. The zero-order chi connectivity index (χ0) is 13.9. The summed E-state index contributed by atoms with van der Waals surface area (Å²) in [6.45, 7) is 12.4. The molecule has 18 heavy (non-hydrogen) atoms. The van der Waals surface area contributed by atoms with Crippen molar-refractivity contribution in [2.45, 2.75) is 53.2 Å². The maximum atomic E-state index is 12.4. The number of hydrogen-bond acceptors (Lipinski definition) is 3. The molecule has 0 aromatic heterocycles. The molecule has 106 valence electrons. The zero-order valence-electron chi connectivity index (χ0n) is 12.4. The van der Waals surface area contributed by atoms with Crippen LogP contribution in [0, 0.1) is 11.3 Å². The number of nitrogens with zero attached hydrogens (tertiary/aromatic N) is 1. The van der Waals surface area contributed by atoms with E-state index in [1.54, 1.807) is 0 Å². The molecule has 0 radical (unpaired) electrons. The van der Waals surface area contributed by atoms with E-state index < -0.39 is 0 Å². The van der Waals surface area contributed by atoms with E-state index in [1.807, 2.05) is 11.8 Å². The van der Waals surface area contributed by atoms with E-state index >= 15 is 0 Å². The van der Waals surface area contributed by atoms with Crippen molar-refractivity contribution >= 4 is 5.91 Å². The van der Waals surface area contributed by atoms with Gasteiger partial charge in [0.05, 0.1) is 18.8 Å². The molecule has 0 aromatic carbocycles. The first-order valence-electron chi connectivity index (χ1n) is 6.86. The first-order chi connectivity index (χ1) is 8.25. The van der Waals surface area contributed by atoms with Gasteiger partial charge in [-0.2, -0.15) is 0 Å². The Hall–Kier alpha value is -0.610. The standard InChI is InChI=1S/C14H28N2O2/c1-10(14(3,4)5)6-13(17)16-8-12(7-15)18-9-11(16)2/h10-12H,6-9,15H2,1-5H3. The van der Waals surface area contributed by atoms with E-state index in [-0.39, 0.29) is 23.5 Å². The van der Waals surface area contributed by atoms with Gasteiger partial charge in [-0.3, -0.25) is 4.79 Å². The molecule has 0 bridgehead atoms. The average molecular weight is 256 g/mol. The molecule has 4 heteroatoms. The molecule has 1 heterocycles. The molecule has 1 aliphatic rings. The van der Waals surface area contributed by atoms with Crippen LogP contribution in [0.4, 0.5) is 0 Å². The molecule has 3 unspecified atom stereocenters. The molecule has 1 saturated heterocycles. The van der Waals surface area contributed by atoms with Gasteiger partial charge in [0.2, 0.25) is 5.91 Å². The molecule has 0 aromatic rings. The van der Waals surface area contributed by atoms with Gasteiger partial charge in [0.15, 0.2) is 0 Å². The highest BCUT2D eigenvalue weighted by Gasteiger charge is 2.31. The van der Waals surface area contributed by atoms with Gasteiger partial charge < -0.3 is 15.4 Å². The van der Waals surface area contributed by atoms with Gasteiger partial charge in [0.1, 0.15) is 0 Å². The van der Waals surface area contributed by atoms with Crippen LogP contribution in [0.5, 0.6) is 0 Å². The van der Waals surface area contributed by atoms with Crippen molar-refractivity contribution in [2.24, 2.45) is 17.1 Å². The Morgan fingerprint density at radius 3 is 2.61 bits per heavy atom. The van der Waals surface area contributed by atoms with Gasteiger partial charge in [-0.15, -0.1) is 0 Å². The number of nitrogens with two attached hydrogens (primary N) is 1. The quantitative estimate of drug-likeness (QED) is 0.835. The minimum Gasteiger partial charge on any atom is -0.373 e. The highest BCUT2D eigenvalue weighted by molar-refractivity contribution is 5.77. The second-order valence-corrected chi connectivity index (χ2v) is 6.56. The first kappa shape index (κ1) is 15.4. The molecule has 0 aliphatic carbocycles. The van der Waals surface area contributed by atoms with Crippen LogP contribution in [-0.4, -0.2) is 42.6 Å². The number of carbonyl (C=O) groups is 1. The van der Waals surface area contributed by atoms with Crippen LogP contribution in [-0.2, 0) is 9.53 Å². The molecule has 1 amide bonds. The lowest BCUT2D eigenvalue weighted by Crippen LogP contribution is -2.53. The highest BCUT2D eigenvalue weighted by Crippen LogP contribution is 2.29. The van der Waals surface area contributed by atoms with Crippen molar-refractivity contribution in [3.63, 3.8) is 0 Å². The monoisotopic (exact) mass is 256 g/mol. The van der Waals surface area contributed by atoms with Crippen molar-refractivity contribution in [3.8, 4) is 0 Å². The summed E-state index contributed by atoms with van der Waals surface area (Å²) in [4.78, 5) is 14.3. The minimum absolute atomic E-state index is 0.00454. The van der Waals surface area contributed by atoms with Crippen LogP contribution in [0.3, 0.4) is 0 Å². The SMILES string of the molecule is CC1COC(CN)CN1C(=O)CC(C)C(C)(C)C. The number of amides is 1. The summed E-state index contributed by atoms with van der Waals surface area (Å²) in [7, 11) is 0. The highest BCUT2D eigenvalue weighted by atomic mass is 16.5. The number of rotatable bonds is 3. The van der Waals surface area contributed by atoms with Crippen LogP contribution in [0.1, 0.15) is 41.0 Å². The number of hydrogen-bond donors (Lipinski definition) is 1. The van der Waals surface area contributed by atoms with Crippen molar-refractivity contribution in [1.29, 1.82) is 0 Å². The number of carbonyl (C=O) groups excluding carboxylic acids is 1. The van der Waals surface area contributed by atoms with Crippen molar-refractivity contribution in [1.82, 2.24) is 4.90 Å². The van der Waals surface area contributed by atoms with Crippen LogP contribution < -0.4 is 5.73 Å². The third-order valence-corrected chi connectivity index (χ3v) is 4.05. The van der Waals surface area contributed by atoms with Crippen LogP contribution in [0.25, 0.3) is 0 Å². The normalized spacial score (nSPS) is 27.1. The molecule has 1 fully saturated rings. The predicted molar refractivity (Wildman–Crippen MR) is 73.2 cm³/mol. The molecule has 0 saturated carbocycles. The average Bonchev–Trinajstić information content (AvgIpc) is 2.28. The Bertz CT molecular complexity index is 286. The van der Waals surface area contributed by atoms with E-state index in [0.717, 1.165) is 0 Å². The van der Waals surface area contributed by atoms with Crippen molar-refractivity contribution in [2.75, 3.05) is 19.7 Å². The summed E-state index contributed by atoms with van der Waals surface area (Å²) in [6, 6.07) is 0.160. The fraction of sp³-hybridized carbons (Fsp3) is 0.929. The van der Waals surface area contributed by atoms with Crippen molar-refractivity contribution in [3.05, 3.63) is 0 Å². The van der Waals surface area contributed by atoms with Crippen LogP contribution in [0.15, 0.2) is 0 Å². The topological polar surface area (TPSA) is 55.6 Å². The van der Waals surface area contributed by atoms with Crippen LogP contribution >= 0.6 is 0 Å². The zero-order valence-corrected chi connectivity index (χ0v) is 12.4. The first-order valence-corrected chi connectivity index (χ1v) is 6.86. The van der Waals surface area contributed by atoms with E-state index in [4.69, 9.17) is 10.5 Å². The molecule has 1 rings (SSSR count). The van der Waals surface area contributed by atoms with Crippen molar-refractivity contribution < 1.29 is 9.53 Å². The summed E-state index contributed by atoms with van der Waals surface area (Å²) < 4.78 is 5.57. The van der Waals surface area contributed by atoms with Gasteiger partial charge in [0.25, 0.3) is 0 Å². The predicted octanol–water partition coefficient (Wildman–Crippen LogP) is 1.63. The Balaban J connectivity index is 2.59. The molecule has 1 aliphatic heterocycles. The minimum atomic E-state index is -0.00454. The fourth-order valence-electron chi connectivity index (χ4n) is 1.99. The smallest absolute Gasteiger partial charge is 0.223 e. The van der Waals surface area contributed by atoms with Crippen LogP contribution in [0.2, 0.25) is 0 Å². The maximum Gasteiger partial charge on any atom is 0.223 e. The third kappa shape index (κ3) is 3.95. The van der Waals surface area contributed by atoms with E-state index in [2.05, 4.69) is 27.7 Å². The van der Waals surface area contributed by atoms with Gasteiger partial charge >= 0.3 is 0 Å². The molecular weight excluding hydrogens is 228 g/mol. The van der Waals surface area contributed by atoms with Gasteiger partial charge in [-0.1, -0.05) is 27.7 Å². The third-order valence-electron chi connectivity index (χ3n) is 4.05. The fourth-order valence-corrected chi connectivity index (χ4v) is 1.99. The second-order valence-electron chi connectivity index (χ2n) is 6.56. The molecule has 2 N–H and O–H groups in total. The molecule has 4 nitrogen and oxygen atoms in total. The number of ether oxygens (including phenoxy) is 1. The second kappa shape index (κ2) is 6.02. The van der Waals surface area contributed by atoms with Gasteiger partial charge in [0, 0.05) is 19.5 Å². The Labute approximate surface area is 111 Å². The lowest BCUT2D eigenvalue weighted by molar-refractivity contribution is -0.145. The van der Waals surface area contributed by atoms with Gasteiger partial charge in [-0.25, -0.2) is 0 Å². The largest absolute Gasteiger partial charge is 0.373 e. The lowest BCUT2D eigenvalue weighted by atomic mass is 9.80.